The zero-order valence-corrected chi connectivity index (χ0v) is 11.5. The number of rotatable bonds is 2. The molecule has 18 heavy (non-hydrogen) atoms. The van der Waals surface area contributed by atoms with Crippen LogP contribution >= 0.6 is 11.8 Å². The van der Waals surface area contributed by atoms with Gasteiger partial charge in [0.1, 0.15) is 0 Å². The van der Waals surface area contributed by atoms with Crippen molar-refractivity contribution in [2.75, 3.05) is 29.5 Å². The standard InChI is InChI=1S/C13H18N2O2S/c1-13(2)8-15(6-7-18-13)10-5-3-4-9(11(10)14)12(16)17/h3-5H,6-8,14H2,1-2H3,(H,16,17). The number of aromatic carboxylic acids is 1. The smallest absolute Gasteiger partial charge is 0.337 e. The van der Waals surface area contributed by atoms with Crippen LogP contribution in [-0.2, 0) is 0 Å². The predicted molar refractivity (Wildman–Crippen MR) is 76.6 cm³/mol. The number of carboxylic acid groups (broad SMARTS) is 1. The Bertz CT molecular complexity index is 474. The minimum absolute atomic E-state index is 0.171. The number of anilines is 2. The monoisotopic (exact) mass is 266 g/mol. The number of nitrogen functional groups attached to an aromatic ring is 1. The van der Waals surface area contributed by atoms with Crippen LogP contribution in [-0.4, -0.2) is 34.7 Å². The Morgan fingerprint density at radius 3 is 2.83 bits per heavy atom. The molecular weight excluding hydrogens is 248 g/mol. The topological polar surface area (TPSA) is 66.6 Å². The molecule has 1 aromatic rings. The molecular formula is C13H18N2O2S. The summed E-state index contributed by atoms with van der Waals surface area (Å²) in [6, 6.07) is 5.20. The second-order valence-corrected chi connectivity index (χ2v) is 6.88. The van der Waals surface area contributed by atoms with Crippen molar-refractivity contribution >= 4 is 29.1 Å². The van der Waals surface area contributed by atoms with Crippen LogP contribution in [0.1, 0.15) is 24.2 Å². The van der Waals surface area contributed by atoms with E-state index in [0.29, 0.717) is 5.69 Å². The van der Waals surface area contributed by atoms with Crippen LogP contribution in [0.25, 0.3) is 0 Å². The number of benzene rings is 1. The van der Waals surface area contributed by atoms with Crippen molar-refractivity contribution in [3.05, 3.63) is 23.8 Å². The summed E-state index contributed by atoms with van der Waals surface area (Å²) in [5, 5.41) is 9.09. The van der Waals surface area contributed by atoms with Gasteiger partial charge in [-0.15, -0.1) is 0 Å². The highest BCUT2D eigenvalue weighted by Gasteiger charge is 2.28. The Hall–Kier alpha value is -1.36. The lowest BCUT2D eigenvalue weighted by Gasteiger charge is -2.39. The van der Waals surface area contributed by atoms with E-state index in [-0.39, 0.29) is 10.3 Å². The summed E-state index contributed by atoms with van der Waals surface area (Å²) in [6.45, 7) is 6.18. The molecule has 1 aromatic carbocycles. The van der Waals surface area contributed by atoms with E-state index in [1.165, 1.54) is 0 Å². The number of thioether (sulfide) groups is 1. The number of nitrogens with zero attached hydrogens (tertiary/aromatic N) is 1. The van der Waals surface area contributed by atoms with Gasteiger partial charge < -0.3 is 15.7 Å². The summed E-state index contributed by atoms with van der Waals surface area (Å²) in [6.07, 6.45) is 0. The van der Waals surface area contributed by atoms with Gasteiger partial charge in [-0.05, 0) is 26.0 Å². The summed E-state index contributed by atoms with van der Waals surface area (Å²) in [5.74, 6) is 0.0593. The Morgan fingerprint density at radius 2 is 2.22 bits per heavy atom. The molecule has 0 bridgehead atoms. The van der Waals surface area contributed by atoms with Gasteiger partial charge in [-0.2, -0.15) is 11.8 Å². The van der Waals surface area contributed by atoms with E-state index in [1.807, 2.05) is 17.8 Å². The molecule has 2 rings (SSSR count). The van der Waals surface area contributed by atoms with Crippen molar-refractivity contribution in [1.82, 2.24) is 0 Å². The van der Waals surface area contributed by atoms with Crippen molar-refractivity contribution in [3.63, 3.8) is 0 Å². The first-order valence-corrected chi connectivity index (χ1v) is 6.90. The maximum absolute atomic E-state index is 11.1. The van der Waals surface area contributed by atoms with E-state index in [9.17, 15) is 4.79 Å². The van der Waals surface area contributed by atoms with Crippen molar-refractivity contribution in [1.29, 1.82) is 0 Å². The van der Waals surface area contributed by atoms with Gasteiger partial charge in [-0.1, -0.05) is 6.07 Å². The minimum atomic E-state index is -0.972. The highest BCUT2D eigenvalue weighted by Crippen LogP contribution is 2.35. The van der Waals surface area contributed by atoms with Crippen LogP contribution in [0.15, 0.2) is 18.2 Å². The normalized spacial score (nSPS) is 18.7. The highest BCUT2D eigenvalue weighted by atomic mass is 32.2. The lowest BCUT2D eigenvalue weighted by Crippen LogP contribution is -2.43. The predicted octanol–water partition coefficient (Wildman–Crippen LogP) is 2.30. The number of carbonyl (C=O) groups is 1. The van der Waals surface area contributed by atoms with Crippen LogP contribution in [0, 0.1) is 0 Å². The molecule has 3 N–H and O–H groups in total. The third kappa shape index (κ3) is 2.56. The van der Waals surface area contributed by atoms with E-state index >= 15 is 0 Å². The van der Waals surface area contributed by atoms with Gasteiger partial charge in [0.25, 0.3) is 0 Å². The molecule has 1 heterocycles. The Labute approximate surface area is 111 Å². The fourth-order valence-corrected chi connectivity index (χ4v) is 3.35. The van der Waals surface area contributed by atoms with Gasteiger partial charge >= 0.3 is 5.97 Å². The molecule has 98 valence electrons. The van der Waals surface area contributed by atoms with Crippen LogP contribution in [0.4, 0.5) is 11.4 Å². The van der Waals surface area contributed by atoms with Crippen molar-refractivity contribution in [3.8, 4) is 0 Å². The number of carboxylic acids is 1. The lowest BCUT2D eigenvalue weighted by molar-refractivity contribution is 0.0698. The van der Waals surface area contributed by atoms with E-state index in [0.717, 1.165) is 24.5 Å². The molecule has 5 heteroatoms. The third-order valence-corrected chi connectivity index (χ3v) is 4.38. The van der Waals surface area contributed by atoms with Crippen LogP contribution in [0.3, 0.4) is 0 Å². The minimum Gasteiger partial charge on any atom is -0.478 e. The molecule has 0 unspecified atom stereocenters. The van der Waals surface area contributed by atoms with Gasteiger partial charge in [-0.3, -0.25) is 0 Å². The molecule has 0 atom stereocenters. The average Bonchev–Trinajstić information content (AvgIpc) is 2.27. The van der Waals surface area contributed by atoms with Crippen LogP contribution in [0.2, 0.25) is 0 Å². The largest absolute Gasteiger partial charge is 0.478 e. The van der Waals surface area contributed by atoms with Gasteiger partial charge in [0.05, 0.1) is 16.9 Å². The van der Waals surface area contributed by atoms with Crippen molar-refractivity contribution in [2.24, 2.45) is 0 Å². The lowest BCUT2D eigenvalue weighted by atomic mass is 10.1. The molecule has 0 radical (unpaired) electrons. The maximum Gasteiger partial charge on any atom is 0.337 e. The Balaban J connectivity index is 2.34. The first-order valence-electron chi connectivity index (χ1n) is 5.91. The van der Waals surface area contributed by atoms with Crippen LogP contribution in [0.5, 0.6) is 0 Å². The molecule has 1 aliphatic heterocycles. The number of hydrogen-bond donors (Lipinski definition) is 2. The molecule has 0 spiro atoms. The van der Waals surface area contributed by atoms with Gasteiger partial charge in [0.15, 0.2) is 0 Å². The second-order valence-electron chi connectivity index (χ2n) is 5.07. The third-order valence-electron chi connectivity index (χ3n) is 3.08. The van der Waals surface area contributed by atoms with Gasteiger partial charge in [-0.25, -0.2) is 4.79 Å². The summed E-state index contributed by atoms with van der Waals surface area (Å²) < 4.78 is 0.171. The average molecular weight is 266 g/mol. The number of para-hydroxylation sites is 1. The van der Waals surface area contributed by atoms with E-state index in [2.05, 4.69) is 18.7 Å². The molecule has 1 saturated heterocycles. The first-order chi connectivity index (χ1) is 8.41. The quantitative estimate of drug-likeness (QED) is 0.804. The number of nitrogens with two attached hydrogens (primary N) is 1. The summed E-state index contributed by atoms with van der Waals surface area (Å²) in [5.41, 5.74) is 7.36. The second kappa shape index (κ2) is 4.72. The summed E-state index contributed by atoms with van der Waals surface area (Å²) in [7, 11) is 0. The molecule has 4 nitrogen and oxygen atoms in total. The van der Waals surface area contributed by atoms with Crippen molar-refractivity contribution in [2.45, 2.75) is 18.6 Å². The van der Waals surface area contributed by atoms with Crippen LogP contribution < -0.4 is 10.6 Å². The number of hydrogen-bond acceptors (Lipinski definition) is 4. The molecule has 0 saturated carbocycles. The van der Waals surface area contributed by atoms with Gasteiger partial charge in [0.2, 0.25) is 0 Å². The molecule has 1 aliphatic rings. The zero-order chi connectivity index (χ0) is 13.3. The first kappa shape index (κ1) is 13.1. The van der Waals surface area contributed by atoms with E-state index in [4.69, 9.17) is 10.8 Å². The molecule has 0 aliphatic carbocycles. The maximum atomic E-state index is 11.1. The molecule has 0 amide bonds. The fourth-order valence-electron chi connectivity index (χ4n) is 2.24. The molecule has 0 aromatic heterocycles. The van der Waals surface area contributed by atoms with Gasteiger partial charge in [0, 0.05) is 23.6 Å². The zero-order valence-electron chi connectivity index (χ0n) is 10.6. The molecule has 1 fully saturated rings. The summed E-state index contributed by atoms with van der Waals surface area (Å²) in [4.78, 5) is 13.3. The Kier molecular flexibility index (Phi) is 3.43. The van der Waals surface area contributed by atoms with Crippen molar-refractivity contribution < 1.29 is 9.90 Å². The SMILES string of the molecule is CC1(C)CN(c2cccc(C(=O)O)c2N)CCS1. The fraction of sp³-hybridized carbons (Fsp3) is 0.462. The Morgan fingerprint density at radius 1 is 1.50 bits per heavy atom. The summed E-state index contributed by atoms with van der Waals surface area (Å²) >= 11 is 1.94. The highest BCUT2D eigenvalue weighted by molar-refractivity contribution is 8.00. The van der Waals surface area contributed by atoms with E-state index < -0.39 is 5.97 Å². The van der Waals surface area contributed by atoms with E-state index in [1.54, 1.807) is 12.1 Å².